The highest BCUT2D eigenvalue weighted by atomic mass is 16.5. The highest BCUT2D eigenvalue weighted by Crippen LogP contribution is 2.28. The fourth-order valence-corrected chi connectivity index (χ4v) is 3.46. The molecule has 1 aliphatic heterocycles. The van der Waals surface area contributed by atoms with Crippen molar-refractivity contribution < 1.29 is 4.74 Å². The average Bonchev–Trinajstić information content (AvgIpc) is 3.20. The van der Waals surface area contributed by atoms with Crippen LogP contribution in [0.5, 0.6) is 0 Å². The summed E-state index contributed by atoms with van der Waals surface area (Å²) in [5.41, 5.74) is 4.61. The lowest BCUT2D eigenvalue weighted by Gasteiger charge is -2.28. The van der Waals surface area contributed by atoms with Gasteiger partial charge in [0, 0.05) is 43.7 Å². The third-order valence-electron chi connectivity index (χ3n) is 4.88. The van der Waals surface area contributed by atoms with Gasteiger partial charge in [-0.05, 0) is 24.3 Å². The van der Waals surface area contributed by atoms with Crippen molar-refractivity contribution in [1.29, 1.82) is 0 Å². The Kier molecular flexibility index (Phi) is 4.21. The van der Waals surface area contributed by atoms with E-state index in [2.05, 4.69) is 27.1 Å². The van der Waals surface area contributed by atoms with E-state index >= 15 is 0 Å². The van der Waals surface area contributed by atoms with E-state index in [1.165, 1.54) is 0 Å². The van der Waals surface area contributed by atoms with Crippen LogP contribution in [0.1, 0.15) is 0 Å². The molecular weight excluding hydrogens is 352 g/mol. The van der Waals surface area contributed by atoms with Gasteiger partial charge in [-0.25, -0.2) is 9.97 Å². The van der Waals surface area contributed by atoms with Crippen LogP contribution in [0.3, 0.4) is 0 Å². The molecule has 5 rings (SSSR count). The van der Waals surface area contributed by atoms with Crippen molar-refractivity contribution in [3.8, 4) is 22.6 Å². The smallest absolute Gasteiger partial charge is 0.162 e. The standard InChI is InChI=1S/C21H20N6O/c1-26-9-7-17(25-26)15-4-2-5-16(14-15)20-23-18-6-3-8-22-19(18)21(24-20)27-10-12-28-13-11-27/h2-9,14H,10-13H2,1H3. The lowest BCUT2D eigenvalue weighted by atomic mass is 10.1. The van der Waals surface area contributed by atoms with Crippen molar-refractivity contribution in [1.82, 2.24) is 24.7 Å². The second-order valence-corrected chi connectivity index (χ2v) is 6.80. The Morgan fingerprint density at radius 3 is 2.64 bits per heavy atom. The first kappa shape index (κ1) is 16.8. The Balaban J connectivity index is 1.63. The van der Waals surface area contributed by atoms with Crippen LogP contribution in [0, 0.1) is 0 Å². The van der Waals surface area contributed by atoms with Crippen LogP contribution in [0.2, 0.25) is 0 Å². The largest absolute Gasteiger partial charge is 0.378 e. The Morgan fingerprint density at radius 1 is 0.964 bits per heavy atom. The number of fused-ring (bicyclic) bond motifs is 1. The summed E-state index contributed by atoms with van der Waals surface area (Å²) >= 11 is 0. The normalized spacial score (nSPS) is 14.5. The van der Waals surface area contributed by atoms with Crippen LogP contribution in [0.15, 0.2) is 54.9 Å². The van der Waals surface area contributed by atoms with Crippen molar-refractivity contribution >= 4 is 16.9 Å². The molecular formula is C21H20N6O. The van der Waals surface area contributed by atoms with E-state index in [4.69, 9.17) is 14.7 Å². The number of pyridine rings is 1. The molecule has 0 amide bonds. The van der Waals surface area contributed by atoms with Gasteiger partial charge in [0.2, 0.25) is 0 Å². The first-order valence-electron chi connectivity index (χ1n) is 9.34. The van der Waals surface area contributed by atoms with Gasteiger partial charge in [-0.15, -0.1) is 0 Å². The molecule has 0 aliphatic carbocycles. The molecule has 4 aromatic rings. The van der Waals surface area contributed by atoms with Crippen molar-refractivity contribution in [2.45, 2.75) is 0 Å². The van der Waals surface area contributed by atoms with Gasteiger partial charge in [-0.1, -0.05) is 18.2 Å². The topological polar surface area (TPSA) is 69.0 Å². The molecule has 7 heteroatoms. The minimum Gasteiger partial charge on any atom is -0.378 e. The lowest BCUT2D eigenvalue weighted by molar-refractivity contribution is 0.122. The monoisotopic (exact) mass is 372 g/mol. The van der Waals surface area contributed by atoms with E-state index < -0.39 is 0 Å². The Bertz CT molecular complexity index is 1130. The number of anilines is 1. The summed E-state index contributed by atoms with van der Waals surface area (Å²) < 4.78 is 7.30. The molecule has 1 aromatic carbocycles. The molecule has 0 unspecified atom stereocenters. The molecule has 1 aliphatic rings. The maximum atomic E-state index is 5.50. The summed E-state index contributed by atoms with van der Waals surface area (Å²) in [6, 6.07) is 14.1. The molecule has 4 heterocycles. The predicted octanol–water partition coefficient (Wildman–Crippen LogP) is 2.93. The van der Waals surface area contributed by atoms with Crippen LogP contribution in [0.4, 0.5) is 5.82 Å². The van der Waals surface area contributed by atoms with Gasteiger partial charge in [0.1, 0.15) is 5.52 Å². The fourth-order valence-electron chi connectivity index (χ4n) is 3.46. The number of ether oxygens (including phenoxy) is 1. The first-order valence-corrected chi connectivity index (χ1v) is 9.34. The van der Waals surface area contributed by atoms with Gasteiger partial charge >= 0.3 is 0 Å². The van der Waals surface area contributed by atoms with Crippen LogP contribution in [-0.2, 0) is 11.8 Å². The molecule has 0 N–H and O–H groups in total. The highest BCUT2D eigenvalue weighted by Gasteiger charge is 2.19. The average molecular weight is 372 g/mol. The van der Waals surface area contributed by atoms with Crippen LogP contribution in [-0.4, -0.2) is 51.0 Å². The van der Waals surface area contributed by atoms with Crippen molar-refractivity contribution in [3.05, 3.63) is 54.9 Å². The molecule has 1 fully saturated rings. The van der Waals surface area contributed by atoms with Crippen LogP contribution < -0.4 is 4.90 Å². The number of benzene rings is 1. The van der Waals surface area contributed by atoms with E-state index in [0.29, 0.717) is 19.0 Å². The maximum Gasteiger partial charge on any atom is 0.162 e. The van der Waals surface area contributed by atoms with Gasteiger partial charge in [0.15, 0.2) is 11.6 Å². The second kappa shape index (κ2) is 7.01. The number of nitrogens with zero attached hydrogens (tertiary/aromatic N) is 6. The zero-order valence-corrected chi connectivity index (χ0v) is 15.6. The number of aryl methyl sites for hydroxylation is 1. The summed E-state index contributed by atoms with van der Waals surface area (Å²) in [7, 11) is 1.92. The molecule has 140 valence electrons. The van der Waals surface area contributed by atoms with Gasteiger partial charge in [0.05, 0.1) is 24.4 Å². The number of hydrogen-bond acceptors (Lipinski definition) is 6. The van der Waals surface area contributed by atoms with Gasteiger partial charge < -0.3 is 9.64 Å². The molecule has 0 bridgehead atoms. The summed E-state index contributed by atoms with van der Waals surface area (Å²) in [6.07, 6.45) is 3.73. The quantitative estimate of drug-likeness (QED) is 0.551. The summed E-state index contributed by atoms with van der Waals surface area (Å²) in [4.78, 5) is 16.5. The minimum absolute atomic E-state index is 0.694. The lowest BCUT2D eigenvalue weighted by Crippen LogP contribution is -2.37. The molecule has 0 radical (unpaired) electrons. The van der Waals surface area contributed by atoms with Crippen molar-refractivity contribution in [3.63, 3.8) is 0 Å². The Labute approximate surface area is 162 Å². The zero-order valence-electron chi connectivity index (χ0n) is 15.6. The molecule has 28 heavy (non-hydrogen) atoms. The third-order valence-corrected chi connectivity index (χ3v) is 4.88. The van der Waals surface area contributed by atoms with Crippen LogP contribution >= 0.6 is 0 Å². The number of morpholine rings is 1. The molecule has 3 aromatic heterocycles. The number of hydrogen-bond donors (Lipinski definition) is 0. The first-order chi connectivity index (χ1) is 13.8. The summed E-state index contributed by atoms with van der Waals surface area (Å²) in [6.45, 7) is 3.00. The predicted molar refractivity (Wildman–Crippen MR) is 108 cm³/mol. The fraction of sp³-hybridized carbons (Fsp3) is 0.238. The second-order valence-electron chi connectivity index (χ2n) is 6.80. The van der Waals surface area contributed by atoms with E-state index in [9.17, 15) is 0 Å². The van der Waals surface area contributed by atoms with Crippen molar-refractivity contribution in [2.24, 2.45) is 7.05 Å². The highest BCUT2D eigenvalue weighted by molar-refractivity contribution is 5.87. The Morgan fingerprint density at radius 2 is 1.82 bits per heavy atom. The van der Waals surface area contributed by atoms with Crippen molar-refractivity contribution in [2.75, 3.05) is 31.2 Å². The molecule has 7 nitrogen and oxygen atoms in total. The van der Waals surface area contributed by atoms with E-state index in [-0.39, 0.29) is 0 Å². The van der Waals surface area contributed by atoms with Crippen LogP contribution in [0.25, 0.3) is 33.7 Å². The summed E-state index contributed by atoms with van der Waals surface area (Å²) in [5, 5.41) is 4.50. The van der Waals surface area contributed by atoms with E-state index in [1.807, 2.05) is 43.6 Å². The van der Waals surface area contributed by atoms with Gasteiger partial charge in [-0.2, -0.15) is 5.10 Å². The number of rotatable bonds is 3. The molecule has 1 saturated heterocycles. The summed E-state index contributed by atoms with van der Waals surface area (Å²) in [5.74, 6) is 1.56. The number of aromatic nitrogens is 5. The molecule has 0 spiro atoms. The van der Waals surface area contributed by atoms with E-state index in [0.717, 1.165) is 46.8 Å². The zero-order chi connectivity index (χ0) is 18.9. The Hall–Kier alpha value is -3.32. The SMILES string of the molecule is Cn1ccc(-c2cccc(-c3nc(N4CCOCC4)c4ncccc4n3)c2)n1. The van der Waals surface area contributed by atoms with Gasteiger partial charge in [0.25, 0.3) is 0 Å². The minimum atomic E-state index is 0.694. The molecule has 0 atom stereocenters. The van der Waals surface area contributed by atoms with E-state index in [1.54, 1.807) is 10.9 Å². The maximum absolute atomic E-state index is 5.50. The van der Waals surface area contributed by atoms with Gasteiger partial charge in [-0.3, -0.25) is 9.67 Å². The third kappa shape index (κ3) is 3.10. The molecule has 0 saturated carbocycles.